The molecule has 1 aromatic heterocycles. The Hall–Kier alpha value is -2.00. The van der Waals surface area contributed by atoms with Gasteiger partial charge in [0.25, 0.3) is 0 Å². The van der Waals surface area contributed by atoms with Crippen LogP contribution in [0, 0.1) is 11.6 Å². The van der Waals surface area contributed by atoms with Crippen molar-refractivity contribution in [1.82, 2.24) is 0 Å². The van der Waals surface area contributed by atoms with E-state index in [0.717, 1.165) is 18.4 Å². The van der Waals surface area contributed by atoms with E-state index >= 15 is 0 Å². The maximum absolute atomic E-state index is 14.8. The van der Waals surface area contributed by atoms with E-state index in [-0.39, 0.29) is 5.56 Å². The number of benzene rings is 2. The van der Waals surface area contributed by atoms with Crippen LogP contribution in [0.1, 0.15) is 55.4 Å². The SMILES string of the molecule is CCCc1ccc(-c2cc(F)c(-c3ccc(C4CCCC4)s3)c(F)c2)cc1. The van der Waals surface area contributed by atoms with Crippen molar-refractivity contribution < 1.29 is 8.78 Å². The highest BCUT2D eigenvalue weighted by molar-refractivity contribution is 7.15. The first-order chi connectivity index (χ1) is 13.2. The first-order valence-electron chi connectivity index (χ1n) is 9.84. The molecule has 0 radical (unpaired) electrons. The van der Waals surface area contributed by atoms with Crippen LogP contribution in [0.5, 0.6) is 0 Å². The van der Waals surface area contributed by atoms with Gasteiger partial charge in [-0.05, 0) is 66.1 Å². The summed E-state index contributed by atoms with van der Waals surface area (Å²) < 4.78 is 29.7. The molecule has 1 heterocycles. The van der Waals surface area contributed by atoms with Crippen molar-refractivity contribution in [3.8, 4) is 21.6 Å². The Labute approximate surface area is 163 Å². The maximum atomic E-state index is 14.8. The molecule has 1 fully saturated rings. The van der Waals surface area contributed by atoms with Crippen LogP contribution in [-0.2, 0) is 6.42 Å². The molecule has 140 valence electrons. The number of hydrogen-bond donors (Lipinski definition) is 0. The number of halogens is 2. The summed E-state index contributed by atoms with van der Waals surface area (Å²) in [6.45, 7) is 2.14. The predicted octanol–water partition coefficient (Wildman–Crippen LogP) is 7.97. The Morgan fingerprint density at radius 3 is 2.19 bits per heavy atom. The Bertz CT molecular complexity index is 895. The third-order valence-corrected chi connectivity index (χ3v) is 6.76. The Kier molecular flexibility index (Phi) is 5.40. The van der Waals surface area contributed by atoms with Crippen molar-refractivity contribution in [2.45, 2.75) is 51.4 Å². The maximum Gasteiger partial charge on any atom is 0.135 e. The van der Waals surface area contributed by atoms with Gasteiger partial charge >= 0.3 is 0 Å². The molecule has 27 heavy (non-hydrogen) atoms. The average Bonchev–Trinajstić information content (AvgIpc) is 3.34. The summed E-state index contributed by atoms with van der Waals surface area (Å²) in [6.07, 6.45) is 7.00. The van der Waals surface area contributed by atoms with Crippen molar-refractivity contribution in [2.75, 3.05) is 0 Å². The summed E-state index contributed by atoms with van der Waals surface area (Å²) in [7, 11) is 0. The highest BCUT2D eigenvalue weighted by atomic mass is 32.1. The predicted molar refractivity (Wildman–Crippen MR) is 110 cm³/mol. The van der Waals surface area contributed by atoms with Gasteiger partial charge in [-0.3, -0.25) is 0 Å². The number of rotatable bonds is 5. The van der Waals surface area contributed by atoms with Gasteiger partial charge in [0.1, 0.15) is 11.6 Å². The van der Waals surface area contributed by atoms with Crippen molar-refractivity contribution >= 4 is 11.3 Å². The molecule has 0 atom stereocenters. The molecule has 3 aromatic rings. The zero-order valence-electron chi connectivity index (χ0n) is 15.6. The van der Waals surface area contributed by atoms with E-state index in [1.54, 1.807) is 11.3 Å². The summed E-state index contributed by atoms with van der Waals surface area (Å²) >= 11 is 1.54. The lowest BCUT2D eigenvalue weighted by Crippen LogP contribution is -1.91. The van der Waals surface area contributed by atoms with Crippen LogP contribution in [0.3, 0.4) is 0 Å². The number of aryl methyl sites for hydroxylation is 1. The lowest BCUT2D eigenvalue weighted by molar-refractivity contribution is 0.591. The summed E-state index contributed by atoms with van der Waals surface area (Å²) in [6, 6.07) is 14.8. The lowest BCUT2D eigenvalue weighted by atomic mass is 10.00. The topological polar surface area (TPSA) is 0 Å². The molecule has 0 aliphatic heterocycles. The standard InChI is InChI=1S/C24H24F2S/c1-2-5-16-8-10-17(11-9-16)19-14-20(25)24(21(26)15-19)23-13-12-22(27-23)18-6-3-4-7-18/h8-15,18H,2-7H2,1H3. The molecule has 1 aliphatic carbocycles. The molecule has 0 nitrogen and oxygen atoms in total. The van der Waals surface area contributed by atoms with Crippen LogP contribution in [0.4, 0.5) is 8.78 Å². The van der Waals surface area contributed by atoms with E-state index in [1.165, 1.54) is 48.3 Å². The molecule has 3 heteroatoms. The van der Waals surface area contributed by atoms with E-state index in [9.17, 15) is 8.78 Å². The van der Waals surface area contributed by atoms with Crippen LogP contribution < -0.4 is 0 Å². The summed E-state index contributed by atoms with van der Waals surface area (Å²) in [5, 5.41) is 0. The quantitative estimate of drug-likeness (QED) is 0.420. The second kappa shape index (κ2) is 7.93. The molecule has 0 amide bonds. The Balaban J connectivity index is 1.64. The van der Waals surface area contributed by atoms with Gasteiger partial charge in [0.15, 0.2) is 0 Å². The average molecular weight is 383 g/mol. The number of thiophene rings is 1. The fraction of sp³-hybridized carbons (Fsp3) is 0.333. The molecular formula is C24H24F2S. The zero-order chi connectivity index (χ0) is 18.8. The van der Waals surface area contributed by atoms with Crippen LogP contribution in [0.25, 0.3) is 21.6 Å². The molecule has 1 saturated carbocycles. The van der Waals surface area contributed by atoms with E-state index in [1.807, 2.05) is 30.3 Å². The molecule has 0 N–H and O–H groups in total. The van der Waals surface area contributed by atoms with E-state index in [2.05, 4.69) is 13.0 Å². The smallest absolute Gasteiger partial charge is 0.135 e. The van der Waals surface area contributed by atoms with Crippen molar-refractivity contribution in [2.24, 2.45) is 0 Å². The van der Waals surface area contributed by atoms with Gasteiger partial charge in [0.05, 0.1) is 5.56 Å². The largest absolute Gasteiger partial charge is 0.206 e. The third kappa shape index (κ3) is 3.84. The minimum Gasteiger partial charge on any atom is -0.206 e. The van der Waals surface area contributed by atoms with Gasteiger partial charge in [-0.25, -0.2) is 8.78 Å². The molecule has 1 aliphatic rings. The molecule has 0 spiro atoms. The zero-order valence-corrected chi connectivity index (χ0v) is 16.4. The highest BCUT2D eigenvalue weighted by Crippen LogP contribution is 2.42. The Morgan fingerprint density at radius 2 is 1.56 bits per heavy atom. The van der Waals surface area contributed by atoms with E-state index in [4.69, 9.17) is 0 Å². The van der Waals surface area contributed by atoms with Crippen LogP contribution in [-0.4, -0.2) is 0 Å². The third-order valence-electron chi connectivity index (χ3n) is 5.50. The fourth-order valence-electron chi connectivity index (χ4n) is 4.04. The van der Waals surface area contributed by atoms with Gasteiger partial charge in [0.2, 0.25) is 0 Å². The van der Waals surface area contributed by atoms with Crippen molar-refractivity contribution in [1.29, 1.82) is 0 Å². The highest BCUT2D eigenvalue weighted by Gasteiger charge is 2.21. The normalized spacial score (nSPS) is 14.8. The van der Waals surface area contributed by atoms with Crippen LogP contribution in [0.15, 0.2) is 48.5 Å². The van der Waals surface area contributed by atoms with Gasteiger partial charge in [-0.1, -0.05) is 50.5 Å². The molecule has 0 bridgehead atoms. The molecule has 4 rings (SSSR count). The van der Waals surface area contributed by atoms with Gasteiger partial charge in [0, 0.05) is 9.75 Å². The fourth-order valence-corrected chi connectivity index (χ4v) is 5.27. The number of hydrogen-bond acceptors (Lipinski definition) is 1. The molecule has 2 aromatic carbocycles. The van der Waals surface area contributed by atoms with Crippen molar-refractivity contribution in [3.05, 3.63) is 70.6 Å². The minimum absolute atomic E-state index is 0.107. The second-order valence-corrected chi connectivity index (χ2v) is 8.56. The first kappa shape index (κ1) is 18.4. The summed E-state index contributed by atoms with van der Waals surface area (Å²) in [4.78, 5) is 1.95. The summed E-state index contributed by atoms with van der Waals surface area (Å²) in [5.74, 6) is -0.402. The minimum atomic E-state index is -0.484. The van der Waals surface area contributed by atoms with Crippen LogP contribution >= 0.6 is 11.3 Å². The van der Waals surface area contributed by atoms with Gasteiger partial charge in [-0.15, -0.1) is 11.3 Å². The monoisotopic (exact) mass is 382 g/mol. The van der Waals surface area contributed by atoms with E-state index in [0.29, 0.717) is 16.4 Å². The molecular weight excluding hydrogens is 358 g/mol. The van der Waals surface area contributed by atoms with Gasteiger partial charge < -0.3 is 0 Å². The van der Waals surface area contributed by atoms with Gasteiger partial charge in [-0.2, -0.15) is 0 Å². The summed E-state index contributed by atoms with van der Waals surface area (Å²) in [5.41, 5.74) is 2.79. The first-order valence-corrected chi connectivity index (χ1v) is 10.7. The molecule has 0 unspecified atom stereocenters. The Morgan fingerprint density at radius 1 is 0.889 bits per heavy atom. The second-order valence-electron chi connectivity index (χ2n) is 7.45. The van der Waals surface area contributed by atoms with Crippen molar-refractivity contribution in [3.63, 3.8) is 0 Å². The lowest BCUT2D eigenvalue weighted by Gasteiger charge is -2.09. The van der Waals surface area contributed by atoms with Crippen LogP contribution in [0.2, 0.25) is 0 Å². The molecule has 0 saturated heterocycles. The van der Waals surface area contributed by atoms with E-state index < -0.39 is 11.6 Å².